The summed E-state index contributed by atoms with van der Waals surface area (Å²) in [6.45, 7) is 4.51. The predicted molar refractivity (Wildman–Crippen MR) is 105 cm³/mol. The van der Waals surface area contributed by atoms with Gasteiger partial charge in [-0.05, 0) is 31.4 Å². The van der Waals surface area contributed by atoms with E-state index < -0.39 is 0 Å². The van der Waals surface area contributed by atoms with Gasteiger partial charge in [0.25, 0.3) is 0 Å². The highest BCUT2D eigenvalue weighted by molar-refractivity contribution is 5.87. The number of fused-ring (bicyclic) bond motifs is 1. The van der Waals surface area contributed by atoms with Crippen molar-refractivity contribution in [1.29, 1.82) is 0 Å². The van der Waals surface area contributed by atoms with Crippen LogP contribution in [0.4, 0.5) is 5.82 Å². The van der Waals surface area contributed by atoms with Gasteiger partial charge in [-0.25, -0.2) is 9.97 Å². The Bertz CT molecular complexity index is 894. The van der Waals surface area contributed by atoms with Gasteiger partial charge in [0.2, 0.25) is 0 Å². The molecule has 0 radical (unpaired) electrons. The summed E-state index contributed by atoms with van der Waals surface area (Å²) >= 11 is 0. The smallest absolute Gasteiger partial charge is 0.163 e. The van der Waals surface area contributed by atoms with E-state index in [9.17, 15) is 0 Å². The lowest BCUT2D eigenvalue weighted by Gasteiger charge is -2.33. The Morgan fingerprint density at radius 3 is 3.00 bits per heavy atom. The number of nitrogens with zero attached hydrogens (tertiary/aromatic N) is 6. The maximum absolute atomic E-state index is 6.15. The van der Waals surface area contributed by atoms with Gasteiger partial charge in [-0.15, -0.1) is 0 Å². The zero-order valence-corrected chi connectivity index (χ0v) is 16.0. The highest BCUT2D eigenvalue weighted by atomic mass is 16.5. The van der Waals surface area contributed by atoms with E-state index >= 15 is 0 Å². The van der Waals surface area contributed by atoms with E-state index in [0.717, 1.165) is 67.1 Å². The maximum Gasteiger partial charge on any atom is 0.163 e. The van der Waals surface area contributed by atoms with E-state index in [0.29, 0.717) is 6.61 Å². The molecule has 1 unspecified atom stereocenters. The number of rotatable bonds is 6. The minimum absolute atomic E-state index is 0.178. The summed E-state index contributed by atoms with van der Waals surface area (Å²) in [7, 11) is 1.93. The molecule has 1 aliphatic heterocycles. The summed E-state index contributed by atoms with van der Waals surface area (Å²) in [4.78, 5) is 16.2. The number of hydrogen-bond acceptors (Lipinski definition) is 6. The van der Waals surface area contributed by atoms with Crippen LogP contribution in [0.25, 0.3) is 11.0 Å². The first-order valence-electron chi connectivity index (χ1n) is 9.69. The third-order valence-electron chi connectivity index (χ3n) is 4.96. The summed E-state index contributed by atoms with van der Waals surface area (Å²) in [5.41, 5.74) is 1.87. The van der Waals surface area contributed by atoms with Gasteiger partial charge in [-0.1, -0.05) is 13.0 Å². The average molecular weight is 366 g/mol. The van der Waals surface area contributed by atoms with Crippen molar-refractivity contribution in [3.63, 3.8) is 0 Å². The Balaban J connectivity index is 1.53. The van der Waals surface area contributed by atoms with Gasteiger partial charge in [0.05, 0.1) is 30.0 Å². The molecule has 1 fully saturated rings. The zero-order valence-electron chi connectivity index (χ0n) is 16.0. The molecule has 0 saturated carbocycles. The second kappa shape index (κ2) is 8.00. The number of pyridine rings is 1. The molecule has 4 rings (SSSR count). The normalized spacial score (nSPS) is 17.6. The molecule has 0 bridgehead atoms. The molecule has 3 aromatic heterocycles. The number of piperidine rings is 1. The van der Waals surface area contributed by atoms with Crippen molar-refractivity contribution < 1.29 is 4.74 Å². The van der Waals surface area contributed by atoms with Crippen molar-refractivity contribution in [2.45, 2.75) is 45.3 Å². The Hall–Kier alpha value is -2.54. The molecular weight excluding hydrogens is 340 g/mol. The van der Waals surface area contributed by atoms with E-state index in [1.165, 1.54) is 0 Å². The van der Waals surface area contributed by atoms with Crippen LogP contribution >= 0.6 is 0 Å². The third kappa shape index (κ3) is 3.93. The number of hydrogen-bond donors (Lipinski definition) is 0. The summed E-state index contributed by atoms with van der Waals surface area (Å²) in [5.74, 6) is 1.88. The minimum atomic E-state index is 0.178. The largest absolute Gasteiger partial charge is 0.370 e. The van der Waals surface area contributed by atoms with E-state index in [2.05, 4.69) is 21.9 Å². The average Bonchev–Trinajstić information content (AvgIpc) is 3.08. The van der Waals surface area contributed by atoms with Crippen LogP contribution < -0.4 is 4.90 Å². The van der Waals surface area contributed by atoms with E-state index in [-0.39, 0.29) is 6.10 Å². The first-order valence-corrected chi connectivity index (χ1v) is 9.69. The topological polar surface area (TPSA) is 69.0 Å². The van der Waals surface area contributed by atoms with Crippen LogP contribution in [0.3, 0.4) is 0 Å². The molecule has 0 spiro atoms. The number of anilines is 1. The van der Waals surface area contributed by atoms with Gasteiger partial charge in [0.15, 0.2) is 5.65 Å². The van der Waals surface area contributed by atoms with Crippen LogP contribution in [0, 0.1) is 0 Å². The maximum atomic E-state index is 6.15. The van der Waals surface area contributed by atoms with Gasteiger partial charge < -0.3 is 9.64 Å². The molecule has 0 aliphatic carbocycles. The Labute approximate surface area is 159 Å². The van der Waals surface area contributed by atoms with E-state index in [1.807, 2.05) is 36.1 Å². The molecule has 0 aromatic carbocycles. The summed E-state index contributed by atoms with van der Waals surface area (Å²) < 4.78 is 7.98. The third-order valence-corrected chi connectivity index (χ3v) is 4.96. The number of aryl methyl sites for hydroxylation is 2. The molecule has 3 aromatic rings. The first-order chi connectivity index (χ1) is 13.2. The SMILES string of the molecule is CCCc1nc(N2CCCC(OCc3ccccn3)C2)c2cnn(C)c2n1. The van der Waals surface area contributed by atoms with Crippen LogP contribution in [-0.2, 0) is 24.8 Å². The molecule has 1 saturated heterocycles. The Morgan fingerprint density at radius 1 is 1.26 bits per heavy atom. The first kappa shape index (κ1) is 17.9. The predicted octanol–water partition coefficient (Wildman–Crippen LogP) is 2.90. The van der Waals surface area contributed by atoms with Crippen LogP contribution in [0.5, 0.6) is 0 Å². The molecular formula is C20H26N6O. The monoisotopic (exact) mass is 366 g/mol. The Kier molecular flexibility index (Phi) is 5.29. The van der Waals surface area contributed by atoms with E-state index in [1.54, 1.807) is 6.20 Å². The van der Waals surface area contributed by atoms with Gasteiger partial charge in [0, 0.05) is 32.8 Å². The number of aromatic nitrogens is 5. The summed E-state index contributed by atoms with van der Waals surface area (Å²) in [6.07, 6.45) is 7.91. The lowest BCUT2D eigenvalue weighted by molar-refractivity contribution is 0.0297. The van der Waals surface area contributed by atoms with Gasteiger partial charge in [0.1, 0.15) is 11.6 Å². The van der Waals surface area contributed by atoms with Crippen LogP contribution in [-0.4, -0.2) is 43.9 Å². The molecule has 4 heterocycles. The van der Waals surface area contributed by atoms with Gasteiger partial charge in [-0.3, -0.25) is 9.67 Å². The summed E-state index contributed by atoms with van der Waals surface area (Å²) in [5, 5.41) is 5.41. The standard InChI is InChI=1S/C20H26N6O/c1-3-7-18-23-19-17(12-22-25(19)2)20(24-18)26-11-6-9-16(13-26)27-14-15-8-4-5-10-21-15/h4-5,8,10,12,16H,3,6-7,9,11,13-14H2,1-2H3. The lowest BCUT2D eigenvalue weighted by atomic mass is 10.1. The van der Waals surface area contributed by atoms with Crippen molar-refractivity contribution in [2.24, 2.45) is 7.05 Å². The molecule has 1 atom stereocenters. The second-order valence-corrected chi connectivity index (χ2v) is 7.06. The highest BCUT2D eigenvalue weighted by Crippen LogP contribution is 2.27. The van der Waals surface area contributed by atoms with Crippen LogP contribution in [0.15, 0.2) is 30.6 Å². The van der Waals surface area contributed by atoms with Gasteiger partial charge in [-0.2, -0.15) is 5.10 Å². The molecule has 0 N–H and O–H groups in total. The fourth-order valence-corrected chi connectivity index (χ4v) is 3.58. The molecule has 1 aliphatic rings. The molecule has 7 heteroatoms. The molecule has 142 valence electrons. The fourth-order valence-electron chi connectivity index (χ4n) is 3.58. The molecule has 27 heavy (non-hydrogen) atoms. The molecule has 7 nitrogen and oxygen atoms in total. The van der Waals surface area contributed by atoms with Crippen molar-refractivity contribution >= 4 is 16.9 Å². The highest BCUT2D eigenvalue weighted by Gasteiger charge is 2.24. The van der Waals surface area contributed by atoms with Crippen LogP contribution in [0.1, 0.15) is 37.7 Å². The van der Waals surface area contributed by atoms with Crippen molar-refractivity contribution in [2.75, 3.05) is 18.0 Å². The zero-order chi connectivity index (χ0) is 18.6. The Morgan fingerprint density at radius 2 is 2.19 bits per heavy atom. The molecule has 0 amide bonds. The quantitative estimate of drug-likeness (QED) is 0.668. The van der Waals surface area contributed by atoms with Crippen molar-refractivity contribution in [3.8, 4) is 0 Å². The van der Waals surface area contributed by atoms with Crippen molar-refractivity contribution in [1.82, 2.24) is 24.7 Å². The van der Waals surface area contributed by atoms with Gasteiger partial charge >= 0.3 is 0 Å². The van der Waals surface area contributed by atoms with E-state index in [4.69, 9.17) is 14.7 Å². The minimum Gasteiger partial charge on any atom is -0.370 e. The summed E-state index contributed by atoms with van der Waals surface area (Å²) in [6, 6.07) is 5.92. The fraction of sp³-hybridized carbons (Fsp3) is 0.500. The lowest BCUT2D eigenvalue weighted by Crippen LogP contribution is -2.40. The number of ether oxygens (including phenoxy) is 1. The van der Waals surface area contributed by atoms with Crippen molar-refractivity contribution in [3.05, 3.63) is 42.1 Å². The second-order valence-electron chi connectivity index (χ2n) is 7.06. The van der Waals surface area contributed by atoms with Crippen LogP contribution in [0.2, 0.25) is 0 Å².